The second-order valence-electron chi connectivity index (χ2n) is 3.48. The number of hydrogen-bond donors (Lipinski definition) is 0. The van der Waals surface area contributed by atoms with Crippen LogP contribution in [0.2, 0.25) is 0 Å². The first-order valence-corrected chi connectivity index (χ1v) is 4.07. The van der Waals surface area contributed by atoms with Crippen molar-refractivity contribution in [2.45, 2.75) is 19.3 Å². The third-order valence-corrected chi connectivity index (χ3v) is 2.02. The van der Waals surface area contributed by atoms with Crippen molar-refractivity contribution in [1.29, 1.82) is 5.26 Å². The van der Waals surface area contributed by atoms with Crippen molar-refractivity contribution in [2.24, 2.45) is 0 Å². The zero-order chi connectivity index (χ0) is 9.90. The molecule has 0 heterocycles. The maximum Gasteiger partial charge on any atom is 0.150 e. The number of benzene rings is 1. The molecule has 0 N–H and O–H groups in total. The summed E-state index contributed by atoms with van der Waals surface area (Å²) in [7, 11) is 0. The molecule has 0 amide bonds. The average Bonchev–Trinajstić information content (AvgIpc) is 2.18. The van der Waals surface area contributed by atoms with Gasteiger partial charge in [-0.25, -0.2) is 0 Å². The Balaban J connectivity index is 3.17. The zero-order valence-electron chi connectivity index (χ0n) is 7.74. The van der Waals surface area contributed by atoms with Gasteiger partial charge >= 0.3 is 0 Å². The Morgan fingerprint density at radius 2 is 2.15 bits per heavy atom. The molecular formula is C11H11NO. The van der Waals surface area contributed by atoms with Crippen LogP contribution in [0.3, 0.4) is 0 Å². The monoisotopic (exact) mass is 173 g/mol. The van der Waals surface area contributed by atoms with Crippen molar-refractivity contribution in [2.75, 3.05) is 0 Å². The van der Waals surface area contributed by atoms with E-state index in [1.54, 1.807) is 18.2 Å². The van der Waals surface area contributed by atoms with Crippen LogP contribution < -0.4 is 0 Å². The zero-order valence-corrected chi connectivity index (χ0v) is 7.74. The van der Waals surface area contributed by atoms with E-state index in [1.807, 2.05) is 19.9 Å². The second-order valence-corrected chi connectivity index (χ2v) is 3.48. The summed E-state index contributed by atoms with van der Waals surface area (Å²) in [5.74, 6) is 0. The largest absolute Gasteiger partial charge is 0.298 e. The molecule has 1 rings (SSSR count). The molecule has 0 aliphatic heterocycles. The molecule has 0 unspecified atom stereocenters. The van der Waals surface area contributed by atoms with Crippen molar-refractivity contribution in [3.8, 4) is 6.07 Å². The Kier molecular flexibility index (Phi) is 2.48. The van der Waals surface area contributed by atoms with E-state index in [0.717, 1.165) is 11.8 Å². The van der Waals surface area contributed by atoms with Crippen LogP contribution >= 0.6 is 0 Å². The smallest absolute Gasteiger partial charge is 0.150 e. The SMILES string of the molecule is CC(C)(C#N)c1cccc(C=O)c1. The number of rotatable bonds is 2. The normalized spacial score (nSPS) is 10.5. The number of nitriles is 1. The van der Waals surface area contributed by atoms with Crippen LogP contribution in [0.1, 0.15) is 29.8 Å². The molecule has 0 saturated carbocycles. The van der Waals surface area contributed by atoms with Gasteiger partial charge in [-0.3, -0.25) is 4.79 Å². The molecule has 2 nitrogen and oxygen atoms in total. The van der Waals surface area contributed by atoms with Gasteiger partial charge in [0.15, 0.2) is 0 Å². The van der Waals surface area contributed by atoms with E-state index in [9.17, 15) is 4.79 Å². The van der Waals surface area contributed by atoms with Crippen LogP contribution in [-0.2, 0) is 5.41 Å². The summed E-state index contributed by atoms with van der Waals surface area (Å²) in [5.41, 5.74) is 0.958. The van der Waals surface area contributed by atoms with E-state index in [0.29, 0.717) is 5.56 Å². The molecule has 1 aromatic rings. The molecule has 0 bridgehead atoms. The lowest BCUT2D eigenvalue weighted by atomic mass is 9.86. The van der Waals surface area contributed by atoms with E-state index >= 15 is 0 Å². The van der Waals surface area contributed by atoms with Gasteiger partial charge < -0.3 is 0 Å². The van der Waals surface area contributed by atoms with Gasteiger partial charge in [0.1, 0.15) is 6.29 Å². The molecule has 2 heteroatoms. The molecule has 0 radical (unpaired) electrons. The van der Waals surface area contributed by atoms with Crippen LogP contribution in [0.25, 0.3) is 0 Å². The summed E-state index contributed by atoms with van der Waals surface area (Å²) in [6.45, 7) is 3.66. The summed E-state index contributed by atoms with van der Waals surface area (Å²) in [5, 5.41) is 8.87. The molecule has 0 fully saturated rings. The highest BCUT2D eigenvalue weighted by molar-refractivity contribution is 5.75. The molecule has 66 valence electrons. The van der Waals surface area contributed by atoms with E-state index < -0.39 is 5.41 Å². The minimum atomic E-state index is -0.529. The lowest BCUT2D eigenvalue weighted by Gasteiger charge is -2.15. The Labute approximate surface area is 77.8 Å². The molecule has 0 aliphatic carbocycles. The quantitative estimate of drug-likeness (QED) is 0.644. The van der Waals surface area contributed by atoms with E-state index in [-0.39, 0.29) is 0 Å². The number of nitrogens with zero attached hydrogens (tertiary/aromatic N) is 1. The fourth-order valence-corrected chi connectivity index (χ4v) is 1.07. The summed E-state index contributed by atoms with van der Waals surface area (Å²) < 4.78 is 0. The molecular weight excluding hydrogens is 162 g/mol. The minimum absolute atomic E-state index is 0.529. The van der Waals surface area contributed by atoms with Crippen LogP contribution in [-0.4, -0.2) is 6.29 Å². The molecule has 0 aromatic heterocycles. The molecule has 0 aliphatic rings. The lowest BCUT2D eigenvalue weighted by Crippen LogP contribution is -2.13. The highest BCUT2D eigenvalue weighted by atomic mass is 16.1. The topological polar surface area (TPSA) is 40.9 Å². The van der Waals surface area contributed by atoms with Crippen molar-refractivity contribution in [1.82, 2.24) is 0 Å². The van der Waals surface area contributed by atoms with Crippen LogP contribution in [0.5, 0.6) is 0 Å². The van der Waals surface area contributed by atoms with Crippen LogP contribution in [0.4, 0.5) is 0 Å². The van der Waals surface area contributed by atoms with Crippen molar-refractivity contribution in [3.05, 3.63) is 35.4 Å². The number of aldehydes is 1. The van der Waals surface area contributed by atoms with Gasteiger partial charge in [0.2, 0.25) is 0 Å². The summed E-state index contributed by atoms with van der Waals surface area (Å²) in [6, 6.07) is 9.31. The van der Waals surface area contributed by atoms with Gasteiger partial charge in [-0.1, -0.05) is 18.2 Å². The van der Waals surface area contributed by atoms with Crippen molar-refractivity contribution in [3.63, 3.8) is 0 Å². The number of carbonyl (C=O) groups excluding carboxylic acids is 1. The highest BCUT2D eigenvalue weighted by Gasteiger charge is 2.19. The molecule has 0 atom stereocenters. The molecule has 0 spiro atoms. The second kappa shape index (κ2) is 3.40. The first-order valence-electron chi connectivity index (χ1n) is 4.07. The fourth-order valence-electron chi connectivity index (χ4n) is 1.07. The van der Waals surface area contributed by atoms with Gasteiger partial charge in [0.25, 0.3) is 0 Å². The summed E-state index contributed by atoms with van der Waals surface area (Å²) in [6.07, 6.45) is 0.789. The van der Waals surface area contributed by atoms with E-state index in [4.69, 9.17) is 5.26 Å². The Hall–Kier alpha value is -1.62. The van der Waals surface area contributed by atoms with E-state index in [2.05, 4.69) is 6.07 Å². The Bertz CT molecular complexity index is 361. The van der Waals surface area contributed by atoms with Gasteiger partial charge in [-0.05, 0) is 25.5 Å². The first kappa shape index (κ1) is 9.47. The van der Waals surface area contributed by atoms with Crippen molar-refractivity contribution < 1.29 is 4.79 Å². The minimum Gasteiger partial charge on any atom is -0.298 e. The standard InChI is InChI=1S/C11H11NO/c1-11(2,8-12)10-5-3-4-9(6-10)7-13/h3-7H,1-2H3. The van der Waals surface area contributed by atoms with Gasteiger partial charge in [0, 0.05) is 5.56 Å². The van der Waals surface area contributed by atoms with E-state index in [1.165, 1.54) is 0 Å². The molecule has 0 saturated heterocycles. The third-order valence-electron chi connectivity index (χ3n) is 2.02. The fraction of sp³-hybridized carbons (Fsp3) is 0.273. The van der Waals surface area contributed by atoms with Gasteiger partial charge in [-0.2, -0.15) is 5.26 Å². The van der Waals surface area contributed by atoms with Gasteiger partial charge in [-0.15, -0.1) is 0 Å². The maximum absolute atomic E-state index is 10.5. The van der Waals surface area contributed by atoms with Crippen LogP contribution in [0, 0.1) is 11.3 Å². The van der Waals surface area contributed by atoms with Crippen molar-refractivity contribution >= 4 is 6.29 Å². The van der Waals surface area contributed by atoms with Crippen LogP contribution in [0.15, 0.2) is 24.3 Å². The molecule has 1 aromatic carbocycles. The Morgan fingerprint density at radius 3 is 2.69 bits per heavy atom. The summed E-state index contributed by atoms with van der Waals surface area (Å²) in [4.78, 5) is 10.5. The Morgan fingerprint density at radius 1 is 1.46 bits per heavy atom. The number of carbonyl (C=O) groups is 1. The predicted octanol–water partition coefficient (Wildman–Crippen LogP) is 2.30. The summed E-state index contributed by atoms with van der Waals surface area (Å²) >= 11 is 0. The lowest BCUT2D eigenvalue weighted by molar-refractivity contribution is 0.112. The predicted molar refractivity (Wildman–Crippen MR) is 50.5 cm³/mol. The molecule has 13 heavy (non-hydrogen) atoms. The number of hydrogen-bond acceptors (Lipinski definition) is 2. The third kappa shape index (κ3) is 1.94. The first-order chi connectivity index (χ1) is 6.10. The van der Waals surface area contributed by atoms with Gasteiger partial charge in [0.05, 0.1) is 11.5 Å². The maximum atomic E-state index is 10.5. The average molecular weight is 173 g/mol. The highest BCUT2D eigenvalue weighted by Crippen LogP contribution is 2.22.